The topological polar surface area (TPSA) is 59.1 Å². The smallest absolute Gasteiger partial charge is 0.249 e. The molecule has 2 amide bonds. The van der Waals surface area contributed by atoms with Crippen LogP contribution >= 0.6 is 11.3 Å². The van der Waals surface area contributed by atoms with E-state index >= 15 is 0 Å². The van der Waals surface area contributed by atoms with Crippen LogP contribution in [0.4, 0.5) is 4.39 Å². The fraction of sp³-hybridized carbons (Fsp3) is 0.357. The van der Waals surface area contributed by atoms with Gasteiger partial charge in [0.2, 0.25) is 11.8 Å². The molecule has 0 aliphatic rings. The van der Waals surface area contributed by atoms with E-state index in [9.17, 15) is 14.0 Å². The van der Waals surface area contributed by atoms with Gasteiger partial charge in [0.05, 0.1) is 19.7 Å². The second kappa shape index (κ2) is 14.5. The van der Waals surface area contributed by atoms with Gasteiger partial charge in [-0.15, -0.1) is 11.3 Å². The van der Waals surface area contributed by atoms with E-state index in [-0.39, 0.29) is 30.8 Å². The van der Waals surface area contributed by atoms with Gasteiger partial charge < -0.3 is 19.3 Å². The molecule has 0 atom stereocenters. The van der Waals surface area contributed by atoms with Gasteiger partial charge in [-0.2, -0.15) is 0 Å². The van der Waals surface area contributed by atoms with Gasteiger partial charge in [-0.25, -0.2) is 4.39 Å². The molecular weight excluding hydrogens is 479 g/mol. The number of amides is 2. The van der Waals surface area contributed by atoms with Gasteiger partial charge in [-0.1, -0.05) is 42.5 Å². The van der Waals surface area contributed by atoms with Crippen LogP contribution in [0.1, 0.15) is 28.0 Å². The average Bonchev–Trinajstić information content (AvgIpc) is 3.29. The van der Waals surface area contributed by atoms with Gasteiger partial charge in [-0.05, 0) is 53.6 Å². The van der Waals surface area contributed by atoms with Crippen molar-refractivity contribution in [1.82, 2.24) is 9.80 Å². The predicted molar refractivity (Wildman–Crippen MR) is 139 cm³/mol. The maximum Gasteiger partial charge on any atom is 0.249 e. The molecular formula is C28H33FN2O4S. The van der Waals surface area contributed by atoms with E-state index in [1.54, 1.807) is 35.5 Å². The molecule has 0 spiro atoms. The molecule has 1 aromatic heterocycles. The summed E-state index contributed by atoms with van der Waals surface area (Å²) in [7, 11) is 1.61. The zero-order valence-electron chi connectivity index (χ0n) is 20.8. The predicted octanol–water partition coefficient (Wildman–Crippen LogP) is 4.81. The van der Waals surface area contributed by atoms with E-state index < -0.39 is 0 Å². The van der Waals surface area contributed by atoms with Crippen LogP contribution in [-0.4, -0.2) is 55.0 Å². The molecule has 0 aliphatic carbocycles. The molecule has 36 heavy (non-hydrogen) atoms. The lowest BCUT2D eigenvalue weighted by Crippen LogP contribution is -2.44. The molecule has 0 saturated heterocycles. The zero-order valence-corrected chi connectivity index (χ0v) is 21.6. The molecule has 0 saturated carbocycles. The standard InChI is InChI=1S/C28H33FN2O4S/c1-22-13-16-36-26(22)18-31(17-23-9-11-25(29)12-10-23)27(32)19-30(14-6-15-34-2)28(33)21-35-20-24-7-4-3-5-8-24/h3-5,7-13,16H,6,14-15,17-21H2,1-2H3. The highest BCUT2D eigenvalue weighted by Gasteiger charge is 2.22. The first-order valence-corrected chi connectivity index (χ1v) is 12.8. The maximum atomic E-state index is 13.5. The van der Waals surface area contributed by atoms with E-state index in [0.29, 0.717) is 39.3 Å². The van der Waals surface area contributed by atoms with Crippen molar-refractivity contribution in [3.8, 4) is 0 Å². The van der Waals surface area contributed by atoms with Gasteiger partial charge in [0, 0.05) is 31.7 Å². The number of carbonyl (C=O) groups is 2. The number of ether oxygens (including phenoxy) is 2. The van der Waals surface area contributed by atoms with Crippen LogP contribution in [0.5, 0.6) is 0 Å². The van der Waals surface area contributed by atoms with Crippen molar-refractivity contribution in [3.63, 3.8) is 0 Å². The van der Waals surface area contributed by atoms with Crippen molar-refractivity contribution < 1.29 is 23.5 Å². The molecule has 6 nitrogen and oxygen atoms in total. The summed E-state index contributed by atoms with van der Waals surface area (Å²) in [6.07, 6.45) is 0.607. The van der Waals surface area contributed by atoms with Gasteiger partial charge in [0.1, 0.15) is 12.4 Å². The second-order valence-electron chi connectivity index (χ2n) is 8.54. The minimum absolute atomic E-state index is 0.0666. The Kier molecular flexibility index (Phi) is 11.1. The minimum Gasteiger partial charge on any atom is -0.385 e. The number of nitrogens with zero attached hydrogens (tertiary/aromatic N) is 2. The third kappa shape index (κ3) is 8.86. The molecule has 1 heterocycles. The van der Waals surface area contributed by atoms with Crippen LogP contribution in [0.3, 0.4) is 0 Å². The van der Waals surface area contributed by atoms with Crippen molar-refractivity contribution in [2.24, 2.45) is 0 Å². The zero-order chi connectivity index (χ0) is 25.8. The Hall–Kier alpha value is -3.07. The van der Waals surface area contributed by atoms with Gasteiger partial charge in [0.25, 0.3) is 0 Å². The Balaban J connectivity index is 1.68. The molecule has 192 valence electrons. The van der Waals surface area contributed by atoms with Crippen molar-refractivity contribution >= 4 is 23.2 Å². The number of benzene rings is 2. The number of hydrogen-bond donors (Lipinski definition) is 0. The number of thiophene rings is 1. The third-order valence-electron chi connectivity index (χ3n) is 5.73. The van der Waals surface area contributed by atoms with E-state index in [0.717, 1.165) is 21.6 Å². The Morgan fingerprint density at radius 3 is 2.33 bits per heavy atom. The van der Waals surface area contributed by atoms with Crippen LogP contribution in [0.2, 0.25) is 0 Å². The lowest BCUT2D eigenvalue weighted by atomic mass is 10.2. The number of rotatable bonds is 14. The fourth-order valence-corrected chi connectivity index (χ4v) is 4.58. The first-order valence-electron chi connectivity index (χ1n) is 11.9. The van der Waals surface area contributed by atoms with Crippen molar-refractivity contribution in [2.75, 3.05) is 33.4 Å². The highest BCUT2D eigenvalue weighted by Crippen LogP contribution is 2.20. The molecule has 0 radical (unpaired) electrons. The van der Waals surface area contributed by atoms with E-state index in [2.05, 4.69) is 0 Å². The normalized spacial score (nSPS) is 10.9. The maximum absolute atomic E-state index is 13.5. The summed E-state index contributed by atoms with van der Waals surface area (Å²) < 4.78 is 24.2. The summed E-state index contributed by atoms with van der Waals surface area (Å²) >= 11 is 1.59. The molecule has 3 rings (SSSR count). The molecule has 0 N–H and O–H groups in total. The Bertz CT molecular complexity index is 1090. The van der Waals surface area contributed by atoms with Gasteiger partial charge in [0.15, 0.2) is 0 Å². The monoisotopic (exact) mass is 512 g/mol. The fourth-order valence-electron chi connectivity index (χ4n) is 3.66. The van der Waals surface area contributed by atoms with Crippen molar-refractivity contribution in [2.45, 2.75) is 33.0 Å². The van der Waals surface area contributed by atoms with Crippen LogP contribution in [0.25, 0.3) is 0 Å². The first-order chi connectivity index (χ1) is 17.5. The number of aryl methyl sites for hydroxylation is 1. The number of hydrogen-bond acceptors (Lipinski definition) is 5. The third-order valence-corrected chi connectivity index (χ3v) is 6.74. The summed E-state index contributed by atoms with van der Waals surface area (Å²) in [5, 5.41) is 2.00. The second-order valence-corrected chi connectivity index (χ2v) is 9.54. The molecule has 0 fully saturated rings. The highest BCUT2D eigenvalue weighted by atomic mass is 32.1. The number of methoxy groups -OCH3 is 1. The minimum atomic E-state index is -0.323. The Labute approximate surface area is 216 Å². The number of carbonyl (C=O) groups excluding carboxylic acids is 2. The quantitative estimate of drug-likeness (QED) is 0.291. The molecule has 0 bridgehead atoms. The summed E-state index contributed by atoms with van der Waals surface area (Å²) in [6.45, 7) is 3.76. The van der Waals surface area contributed by atoms with Crippen molar-refractivity contribution in [3.05, 3.63) is 93.4 Å². The Morgan fingerprint density at radius 2 is 1.67 bits per heavy atom. The molecule has 0 unspecified atom stereocenters. The van der Waals surface area contributed by atoms with E-state index in [1.165, 1.54) is 17.0 Å². The van der Waals surface area contributed by atoms with E-state index in [4.69, 9.17) is 9.47 Å². The van der Waals surface area contributed by atoms with Crippen LogP contribution < -0.4 is 0 Å². The SMILES string of the molecule is COCCCN(CC(=O)N(Cc1ccc(F)cc1)Cc1sccc1C)C(=O)COCc1ccccc1. The average molecular weight is 513 g/mol. The molecule has 3 aromatic rings. The molecule has 0 aliphatic heterocycles. The molecule has 2 aromatic carbocycles. The number of halogens is 1. The summed E-state index contributed by atoms with van der Waals surface area (Å²) in [5.74, 6) is -0.749. The molecule has 8 heteroatoms. The highest BCUT2D eigenvalue weighted by molar-refractivity contribution is 7.10. The summed E-state index contributed by atoms with van der Waals surface area (Å²) in [4.78, 5) is 30.8. The lowest BCUT2D eigenvalue weighted by Gasteiger charge is -2.28. The van der Waals surface area contributed by atoms with Crippen LogP contribution in [0, 0.1) is 12.7 Å². The van der Waals surface area contributed by atoms with Crippen LogP contribution in [-0.2, 0) is 38.8 Å². The summed E-state index contributed by atoms with van der Waals surface area (Å²) in [6, 6.07) is 17.8. The Morgan fingerprint density at radius 1 is 0.917 bits per heavy atom. The van der Waals surface area contributed by atoms with Gasteiger partial charge in [-0.3, -0.25) is 9.59 Å². The lowest BCUT2D eigenvalue weighted by molar-refractivity contribution is -0.144. The van der Waals surface area contributed by atoms with E-state index in [1.807, 2.05) is 48.7 Å². The summed E-state index contributed by atoms with van der Waals surface area (Å²) in [5.41, 5.74) is 2.91. The van der Waals surface area contributed by atoms with Crippen LogP contribution in [0.15, 0.2) is 66.0 Å². The largest absolute Gasteiger partial charge is 0.385 e. The first kappa shape index (κ1) is 27.5. The van der Waals surface area contributed by atoms with Crippen molar-refractivity contribution in [1.29, 1.82) is 0 Å². The van der Waals surface area contributed by atoms with Gasteiger partial charge >= 0.3 is 0 Å².